The molecule has 1 amide bonds. The minimum atomic E-state index is -0.918. The number of likely N-dealkylation sites (tertiary alicyclic amines) is 1. The summed E-state index contributed by atoms with van der Waals surface area (Å²) in [6, 6.07) is 13.9. The van der Waals surface area contributed by atoms with Gasteiger partial charge in [0, 0.05) is 17.4 Å². The molecule has 1 heterocycles. The third-order valence-electron chi connectivity index (χ3n) is 4.82. The maximum Gasteiger partial charge on any atom is 0.326 e. The number of carboxylic acids is 1. The van der Waals surface area contributed by atoms with E-state index in [1.54, 1.807) is 23.6 Å². The minimum absolute atomic E-state index is 0.0996. The SMILES string of the molecule is C[C@H](CS)C(=O)N1[C@@H](SCc2ccc3ccccc3c2)CC[C@H]1C(=O)O. The van der Waals surface area contributed by atoms with Crippen LogP contribution in [-0.2, 0) is 15.3 Å². The van der Waals surface area contributed by atoms with Crippen LogP contribution in [0.3, 0.4) is 0 Å². The van der Waals surface area contributed by atoms with Crippen LogP contribution in [0.1, 0.15) is 25.3 Å². The first-order valence-electron chi connectivity index (χ1n) is 8.76. The summed E-state index contributed by atoms with van der Waals surface area (Å²) in [6.45, 7) is 1.80. The minimum Gasteiger partial charge on any atom is -0.480 e. The molecule has 3 atom stereocenters. The molecular weight excluding hydrogens is 366 g/mol. The molecule has 138 valence electrons. The van der Waals surface area contributed by atoms with Crippen molar-refractivity contribution in [1.29, 1.82) is 0 Å². The highest BCUT2D eigenvalue weighted by atomic mass is 32.2. The fourth-order valence-corrected chi connectivity index (χ4v) is 4.77. The monoisotopic (exact) mass is 389 g/mol. The molecule has 2 aromatic rings. The second kappa shape index (κ2) is 8.35. The Morgan fingerprint density at radius 1 is 1.23 bits per heavy atom. The molecule has 1 N–H and O–H groups in total. The molecule has 3 rings (SSSR count). The number of aliphatic carboxylic acids is 1. The second-order valence-electron chi connectivity index (χ2n) is 6.71. The molecule has 0 unspecified atom stereocenters. The van der Waals surface area contributed by atoms with Gasteiger partial charge >= 0.3 is 5.97 Å². The zero-order chi connectivity index (χ0) is 18.7. The maximum absolute atomic E-state index is 12.7. The van der Waals surface area contributed by atoms with Crippen LogP contribution in [0, 0.1) is 5.92 Å². The van der Waals surface area contributed by atoms with Crippen molar-refractivity contribution < 1.29 is 14.7 Å². The highest BCUT2D eigenvalue weighted by molar-refractivity contribution is 7.99. The first-order valence-corrected chi connectivity index (χ1v) is 10.4. The lowest BCUT2D eigenvalue weighted by atomic mass is 10.1. The molecule has 0 radical (unpaired) electrons. The number of hydrogen-bond acceptors (Lipinski definition) is 4. The van der Waals surface area contributed by atoms with Crippen LogP contribution >= 0.6 is 24.4 Å². The molecule has 0 aliphatic carbocycles. The lowest BCUT2D eigenvalue weighted by molar-refractivity contribution is -0.149. The molecule has 0 aromatic heterocycles. The predicted octanol–water partition coefficient (Wildman–Crippen LogP) is 4.04. The summed E-state index contributed by atoms with van der Waals surface area (Å²) in [5.74, 6) is -0.133. The summed E-state index contributed by atoms with van der Waals surface area (Å²) in [5.41, 5.74) is 1.18. The Bertz CT molecular complexity index is 810. The van der Waals surface area contributed by atoms with Crippen molar-refractivity contribution in [3.8, 4) is 0 Å². The van der Waals surface area contributed by atoms with Crippen molar-refractivity contribution in [2.75, 3.05) is 5.75 Å². The van der Waals surface area contributed by atoms with E-state index in [9.17, 15) is 14.7 Å². The zero-order valence-electron chi connectivity index (χ0n) is 14.7. The number of carbonyl (C=O) groups is 2. The van der Waals surface area contributed by atoms with Gasteiger partial charge in [-0.3, -0.25) is 4.79 Å². The number of hydrogen-bond donors (Lipinski definition) is 2. The van der Waals surface area contributed by atoms with Crippen molar-refractivity contribution in [2.24, 2.45) is 5.92 Å². The summed E-state index contributed by atoms with van der Waals surface area (Å²) in [7, 11) is 0. The zero-order valence-corrected chi connectivity index (χ0v) is 16.4. The van der Waals surface area contributed by atoms with E-state index < -0.39 is 12.0 Å². The number of nitrogens with zero attached hydrogens (tertiary/aromatic N) is 1. The molecule has 1 aliphatic rings. The highest BCUT2D eigenvalue weighted by Gasteiger charge is 2.42. The van der Waals surface area contributed by atoms with Crippen molar-refractivity contribution in [2.45, 2.75) is 36.9 Å². The summed E-state index contributed by atoms with van der Waals surface area (Å²) in [4.78, 5) is 25.8. The number of thiol groups is 1. The largest absolute Gasteiger partial charge is 0.480 e. The molecule has 1 fully saturated rings. The summed E-state index contributed by atoms with van der Waals surface area (Å²) in [5, 5.41) is 11.8. The van der Waals surface area contributed by atoms with E-state index >= 15 is 0 Å². The van der Waals surface area contributed by atoms with Gasteiger partial charge in [0.2, 0.25) is 5.91 Å². The molecule has 0 bridgehead atoms. The smallest absolute Gasteiger partial charge is 0.326 e. The second-order valence-corrected chi connectivity index (χ2v) is 8.24. The third-order valence-corrected chi connectivity index (χ3v) is 6.72. The Morgan fingerprint density at radius 2 is 1.96 bits per heavy atom. The van der Waals surface area contributed by atoms with Crippen LogP contribution in [0.25, 0.3) is 10.8 Å². The molecule has 2 aromatic carbocycles. The Morgan fingerprint density at radius 3 is 2.65 bits per heavy atom. The summed E-state index contributed by atoms with van der Waals surface area (Å²) < 4.78 is 0. The number of carbonyl (C=O) groups excluding carboxylic acids is 1. The van der Waals surface area contributed by atoms with Crippen molar-refractivity contribution in [3.63, 3.8) is 0 Å². The van der Waals surface area contributed by atoms with Gasteiger partial charge in [0.25, 0.3) is 0 Å². The lowest BCUT2D eigenvalue weighted by Gasteiger charge is -2.30. The molecule has 1 saturated heterocycles. The Balaban J connectivity index is 1.74. The van der Waals surface area contributed by atoms with Crippen LogP contribution in [0.2, 0.25) is 0 Å². The van der Waals surface area contributed by atoms with Gasteiger partial charge in [-0.2, -0.15) is 12.6 Å². The quantitative estimate of drug-likeness (QED) is 0.732. The van der Waals surface area contributed by atoms with Crippen LogP contribution in [0.4, 0.5) is 0 Å². The van der Waals surface area contributed by atoms with Gasteiger partial charge in [-0.1, -0.05) is 49.4 Å². The lowest BCUT2D eigenvalue weighted by Crippen LogP contribution is -2.46. The number of benzene rings is 2. The number of fused-ring (bicyclic) bond motifs is 1. The number of amides is 1. The Labute approximate surface area is 163 Å². The van der Waals surface area contributed by atoms with E-state index in [-0.39, 0.29) is 17.2 Å². The van der Waals surface area contributed by atoms with Gasteiger partial charge in [0.15, 0.2) is 0 Å². The van der Waals surface area contributed by atoms with Crippen LogP contribution in [-0.4, -0.2) is 39.1 Å². The van der Waals surface area contributed by atoms with Crippen LogP contribution < -0.4 is 0 Å². The molecule has 1 aliphatic heterocycles. The number of carboxylic acid groups (broad SMARTS) is 1. The van der Waals surface area contributed by atoms with Crippen molar-refractivity contribution in [3.05, 3.63) is 48.0 Å². The van der Waals surface area contributed by atoms with E-state index in [0.717, 1.165) is 5.75 Å². The Hall–Kier alpha value is -1.66. The molecule has 4 nitrogen and oxygen atoms in total. The van der Waals surface area contributed by atoms with E-state index in [1.807, 2.05) is 12.1 Å². The average molecular weight is 390 g/mol. The standard InChI is InChI=1S/C20H23NO3S2/c1-13(11-25)19(22)21-17(20(23)24)8-9-18(21)26-12-14-6-7-15-4-2-3-5-16(15)10-14/h2-7,10,13,17-18,25H,8-9,11-12H2,1H3,(H,23,24)/t13-,17+,18+/m1/s1. The maximum atomic E-state index is 12.7. The summed E-state index contributed by atoms with van der Waals surface area (Å²) in [6.07, 6.45) is 1.22. The molecule has 6 heteroatoms. The van der Waals surface area contributed by atoms with Gasteiger partial charge in [0.05, 0.1) is 5.37 Å². The highest BCUT2D eigenvalue weighted by Crippen LogP contribution is 2.35. The van der Waals surface area contributed by atoms with Gasteiger partial charge in [-0.25, -0.2) is 4.79 Å². The molecule has 0 saturated carbocycles. The molecular formula is C20H23NO3S2. The Kier molecular flexibility index (Phi) is 6.14. The number of rotatable bonds is 6. The van der Waals surface area contributed by atoms with Gasteiger partial charge in [-0.05, 0) is 29.2 Å². The third kappa shape index (κ3) is 4.01. The topological polar surface area (TPSA) is 57.6 Å². The van der Waals surface area contributed by atoms with E-state index in [1.165, 1.54) is 16.3 Å². The van der Waals surface area contributed by atoms with Crippen molar-refractivity contribution in [1.82, 2.24) is 4.90 Å². The molecule has 0 spiro atoms. The first kappa shape index (κ1) is 19.1. The van der Waals surface area contributed by atoms with E-state index in [4.69, 9.17) is 0 Å². The van der Waals surface area contributed by atoms with Crippen molar-refractivity contribution >= 4 is 47.0 Å². The van der Waals surface area contributed by atoms with Gasteiger partial charge in [-0.15, -0.1) is 11.8 Å². The van der Waals surface area contributed by atoms with Crippen LogP contribution in [0.5, 0.6) is 0 Å². The van der Waals surface area contributed by atoms with E-state index in [2.05, 4.69) is 43.0 Å². The van der Waals surface area contributed by atoms with Crippen LogP contribution in [0.15, 0.2) is 42.5 Å². The van der Waals surface area contributed by atoms with E-state index in [0.29, 0.717) is 18.6 Å². The number of thioether (sulfide) groups is 1. The normalized spacial score (nSPS) is 21.1. The average Bonchev–Trinajstić information content (AvgIpc) is 3.09. The van der Waals surface area contributed by atoms with Gasteiger partial charge < -0.3 is 10.0 Å². The first-order chi connectivity index (χ1) is 12.5. The fraction of sp³-hybridized carbons (Fsp3) is 0.400. The predicted molar refractivity (Wildman–Crippen MR) is 110 cm³/mol. The van der Waals surface area contributed by atoms with Gasteiger partial charge in [0.1, 0.15) is 6.04 Å². The fourth-order valence-electron chi connectivity index (χ4n) is 3.33. The molecule has 26 heavy (non-hydrogen) atoms. The summed E-state index contributed by atoms with van der Waals surface area (Å²) >= 11 is 5.85.